The summed E-state index contributed by atoms with van der Waals surface area (Å²) in [6.45, 7) is 6.62. The van der Waals surface area contributed by atoms with E-state index in [1.165, 1.54) is 5.56 Å². The lowest BCUT2D eigenvalue weighted by Gasteiger charge is -2.34. The van der Waals surface area contributed by atoms with Crippen molar-refractivity contribution in [1.29, 1.82) is 0 Å². The molecular weight excluding hydrogens is 422 g/mol. The summed E-state index contributed by atoms with van der Waals surface area (Å²) in [5.74, 6) is -0.0587. The Morgan fingerprint density at radius 2 is 1.56 bits per heavy atom. The number of hydrogen-bond donors (Lipinski definition) is 1. The fourth-order valence-corrected chi connectivity index (χ4v) is 4.47. The van der Waals surface area contributed by atoms with Gasteiger partial charge in [-0.25, -0.2) is 4.98 Å². The van der Waals surface area contributed by atoms with E-state index < -0.39 is 0 Å². The van der Waals surface area contributed by atoms with Gasteiger partial charge in [0.1, 0.15) is 0 Å². The van der Waals surface area contributed by atoms with Crippen molar-refractivity contribution in [3.8, 4) is 11.3 Å². The van der Waals surface area contributed by atoms with Crippen molar-refractivity contribution in [2.75, 3.05) is 39.3 Å². The maximum atomic E-state index is 13.2. The molecule has 0 bridgehead atoms. The minimum atomic E-state index is -0.0587. The third-order valence-corrected chi connectivity index (χ3v) is 6.36. The van der Waals surface area contributed by atoms with E-state index >= 15 is 0 Å². The van der Waals surface area contributed by atoms with Crippen LogP contribution in [0.2, 0.25) is 0 Å². The molecule has 5 rings (SSSR count). The van der Waals surface area contributed by atoms with Gasteiger partial charge in [-0.3, -0.25) is 19.6 Å². The van der Waals surface area contributed by atoms with Gasteiger partial charge >= 0.3 is 0 Å². The number of piperazine rings is 1. The average molecular weight is 452 g/mol. The molecule has 0 unspecified atom stereocenters. The van der Waals surface area contributed by atoms with Crippen LogP contribution in [0.3, 0.4) is 0 Å². The summed E-state index contributed by atoms with van der Waals surface area (Å²) >= 11 is 0. The minimum absolute atomic E-state index is 0.0587. The van der Waals surface area contributed by atoms with Crippen LogP contribution >= 0.6 is 0 Å². The second kappa shape index (κ2) is 10.5. The first-order valence-corrected chi connectivity index (χ1v) is 11.8. The van der Waals surface area contributed by atoms with Gasteiger partial charge in [-0.15, -0.1) is 0 Å². The van der Waals surface area contributed by atoms with Gasteiger partial charge in [0, 0.05) is 69.2 Å². The lowest BCUT2D eigenvalue weighted by Crippen LogP contribution is -2.48. The van der Waals surface area contributed by atoms with Crippen molar-refractivity contribution in [3.63, 3.8) is 0 Å². The zero-order valence-corrected chi connectivity index (χ0v) is 19.2. The number of rotatable bonds is 7. The number of pyridine rings is 2. The van der Waals surface area contributed by atoms with E-state index in [9.17, 15) is 4.79 Å². The average Bonchev–Trinajstić information content (AvgIpc) is 2.90. The van der Waals surface area contributed by atoms with Gasteiger partial charge in [0.2, 0.25) is 0 Å². The molecule has 0 radical (unpaired) electrons. The fraction of sp³-hybridized carbons (Fsp3) is 0.250. The van der Waals surface area contributed by atoms with Gasteiger partial charge in [0.15, 0.2) is 0 Å². The largest absolute Gasteiger partial charge is 0.351 e. The van der Waals surface area contributed by atoms with Crippen LogP contribution in [0.5, 0.6) is 0 Å². The predicted molar refractivity (Wildman–Crippen MR) is 135 cm³/mol. The summed E-state index contributed by atoms with van der Waals surface area (Å²) in [4.78, 5) is 26.9. The summed E-state index contributed by atoms with van der Waals surface area (Å²) in [7, 11) is 0. The predicted octanol–water partition coefficient (Wildman–Crippen LogP) is 3.84. The molecule has 1 aliphatic rings. The van der Waals surface area contributed by atoms with Gasteiger partial charge in [-0.2, -0.15) is 0 Å². The first-order valence-electron chi connectivity index (χ1n) is 11.8. The Morgan fingerprint density at radius 1 is 0.853 bits per heavy atom. The molecule has 2 aromatic carbocycles. The summed E-state index contributed by atoms with van der Waals surface area (Å²) in [6, 6.07) is 24.1. The molecule has 2 aromatic heterocycles. The number of hydrogen-bond acceptors (Lipinski definition) is 5. The zero-order valence-electron chi connectivity index (χ0n) is 19.2. The Hall–Kier alpha value is -3.61. The van der Waals surface area contributed by atoms with Crippen molar-refractivity contribution >= 4 is 16.8 Å². The molecular formula is C28H29N5O. The van der Waals surface area contributed by atoms with E-state index in [1.807, 2.05) is 42.5 Å². The first-order chi connectivity index (χ1) is 16.8. The maximum Gasteiger partial charge on any atom is 0.252 e. The SMILES string of the molecule is O=C(NCCN1CCN(Cc2ccccc2)CC1)c1cc(-c2ccncc2)nc2ccccc12. The number of carbonyl (C=O) groups excluding carboxylic acids is 1. The smallest absolute Gasteiger partial charge is 0.252 e. The maximum absolute atomic E-state index is 13.2. The summed E-state index contributed by atoms with van der Waals surface area (Å²) < 4.78 is 0. The highest BCUT2D eigenvalue weighted by molar-refractivity contribution is 6.07. The number of fused-ring (bicyclic) bond motifs is 1. The van der Waals surface area contributed by atoms with Crippen LogP contribution in [0, 0.1) is 0 Å². The lowest BCUT2D eigenvalue weighted by molar-refractivity contribution is 0.0935. The fourth-order valence-electron chi connectivity index (χ4n) is 4.47. The van der Waals surface area contributed by atoms with Crippen molar-refractivity contribution in [2.24, 2.45) is 0 Å². The third kappa shape index (κ3) is 5.30. The first kappa shape index (κ1) is 22.2. The second-order valence-corrected chi connectivity index (χ2v) is 8.67. The van der Waals surface area contributed by atoms with Crippen LogP contribution in [-0.4, -0.2) is 64.9 Å². The Kier molecular flexibility index (Phi) is 6.89. The van der Waals surface area contributed by atoms with Crippen LogP contribution in [0.15, 0.2) is 85.2 Å². The molecule has 0 spiro atoms. The molecule has 0 atom stereocenters. The summed E-state index contributed by atoms with van der Waals surface area (Å²) in [5, 5.41) is 4.00. The molecule has 34 heavy (non-hydrogen) atoms. The van der Waals surface area contributed by atoms with Crippen LogP contribution < -0.4 is 5.32 Å². The van der Waals surface area contributed by atoms with E-state index in [2.05, 4.69) is 50.4 Å². The third-order valence-electron chi connectivity index (χ3n) is 6.36. The van der Waals surface area contributed by atoms with Crippen molar-refractivity contribution < 1.29 is 4.79 Å². The number of benzene rings is 2. The Balaban J connectivity index is 1.19. The second-order valence-electron chi connectivity index (χ2n) is 8.67. The number of amides is 1. The van der Waals surface area contributed by atoms with Gasteiger partial charge in [-0.05, 0) is 29.8 Å². The van der Waals surface area contributed by atoms with Crippen LogP contribution in [0.25, 0.3) is 22.2 Å². The van der Waals surface area contributed by atoms with E-state index in [1.54, 1.807) is 12.4 Å². The van der Waals surface area contributed by atoms with Crippen molar-refractivity contribution in [2.45, 2.75) is 6.54 Å². The monoisotopic (exact) mass is 451 g/mol. The molecule has 1 aliphatic heterocycles. The summed E-state index contributed by atoms with van der Waals surface area (Å²) in [5.41, 5.74) is 4.56. The minimum Gasteiger partial charge on any atom is -0.351 e. The molecule has 0 saturated carbocycles. The van der Waals surface area contributed by atoms with Gasteiger partial charge in [-0.1, -0.05) is 48.5 Å². The summed E-state index contributed by atoms with van der Waals surface area (Å²) in [6.07, 6.45) is 3.48. The Bertz CT molecular complexity index is 1240. The topological polar surface area (TPSA) is 61.4 Å². The Labute approximate surface area is 200 Å². The molecule has 6 heteroatoms. The van der Waals surface area contributed by atoms with E-state index in [-0.39, 0.29) is 5.91 Å². The molecule has 4 aromatic rings. The number of aromatic nitrogens is 2. The van der Waals surface area contributed by atoms with E-state index in [4.69, 9.17) is 4.98 Å². The van der Waals surface area contributed by atoms with Crippen LogP contribution in [0.4, 0.5) is 0 Å². The molecule has 172 valence electrons. The normalized spacial score (nSPS) is 14.8. The van der Waals surface area contributed by atoms with E-state index in [0.717, 1.165) is 61.4 Å². The molecule has 1 N–H and O–H groups in total. The van der Waals surface area contributed by atoms with Crippen LogP contribution in [0.1, 0.15) is 15.9 Å². The molecule has 0 aliphatic carbocycles. The highest BCUT2D eigenvalue weighted by atomic mass is 16.1. The molecule has 3 heterocycles. The molecule has 6 nitrogen and oxygen atoms in total. The number of nitrogens with zero attached hydrogens (tertiary/aromatic N) is 4. The van der Waals surface area contributed by atoms with Gasteiger partial charge < -0.3 is 5.32 Å². The highest BCUT2D eigenvalue weighted by Crippen LogP contribution is 2.24. The lowest BCUT2D eigenvalue weighted by atomic mass is 10.0. The van der Waals surface area contributed by atoms with Crippen LogP contribution in [-0.2, 0) is 6.54 Å². The quantitative estimate of drug-likeness (QED) is 0.463. The molecule has 1 saturated heterocycles. The number of carbonyl (C=O) groups is 1. The van der Waals surface area contributed by atoms with Gasteiger partial charge in [0.05, 0.1) is 16.8 Å². The zero-order chi connectivity index (χ0) is 23.2. The van der Waals surface area contributed by atoms with E-state index in [0.29, 0.717) is 12.1 Å². The number of nitrogens with one attached hydrogen (secondary N) is 1. The standard InChI is InChI=1S/C28H29N5O/c34-28(30-14-15-32-16-18-33(19-17-32)21-22-6-2-1-3-7-22)25-20-27(23-10-12-29-13-11-23)31-26-9-5-4-8-24(25)26/h1-13,20H,14-19,21H2,(H,30,34). The Morgan fingerprint density at radius 3 is 2.35 bits per heavy atom. The van der Waals surface area contributed by atoms with Crippen molar-refractivity contribution in [3.05, 3.63) is 96.3 Å². The molecule has 1 fully saturated rings. The molecule has 1 amide bonds. The van der Waals surface area contributed by atoms with Crippen molar-refractivity contribution in [1.82, 2.24) is 25.1 Å². The highest BCUT2D eigenvalue weighted by Gasteiger charge is 2.18. The number of para-hydroxylation sites is 1. The van der Waals surface area contributed by atoms with Gasteiger partial charge in [0.25, 0.3) is 5.91 Å².